The minimum absolute atomic E-state index is 0.648. The van der Waals surface area contributed by atoms with Crippen molar-refractivity contribution in [2.75, 3.05) is 7.11 Å². The molecule has 1 saturated carbocycles. The summed E-state index contributed by atoms with van der Waals surface area (Å²) in [5.41, 5.74) is 2.48. The molecule has 0 aromatic heterocycles. The molecule has 13 heavy (non-hydrogen) atoms. The van der Waals surface area contributed by atoms with Crippen LogP contribution in [0.25, 0.3) is 0 Å². The molecule has 0 saturated heterocycles. The molecule has 0 heterocycles. The van der Waals surface area contributed by atoms with Crippen LogP contribution in [0.1, 0.15) is 26.7 Å². The van der Waals surface area contributed by atoms with Gasteiger partial charge in [-0.3, -0.25) is 0 Å². The van der Waals surface area contributed by atoms with Crippen molar-refractivity contribution in [3.8, 4) is 0 Å². The van der Waals surface area contributed by atoms with Crippen LogP contribution in [-0.2, 0) is 4.74 Å². The molecule has 0 atom stereocenters. The minimum atomic E-state index is 0.648. The normalized spacial score (nSPS) is 17.5. The van der Waals surface area contributed by atoms with Crippen molar-refractivity contribution in [2.24, 2.45) is 10.9 Å². The monoisotopic (exact) mass is 179 g/mol. The summed E-state index contributed by atoms with van der Waals surface area (Å²) in [7, 11) is 1.64. The zero-order chi connectivity index (χ0) is 9.84. The molecule has 0 aromatic carbocycles. The fraction of sp³-hybridized carbons (Fsp3) is 0.545. The van der Waals surface area contributed by atoms with E-state index in [1.54, 1.807) is 7.11 Å². The van der Waals surface area contributed by atoms with Crippen molar-refractivity contribution < 1.29 is 4.74 Å². The summed E-state index contributed by atoms with van der Waals surface area (Å²) in [4.78, 5) is 3.88. The number of hydrogen-bond donors (Lipinski definition) is 0. The molecule has 0 N–H and O–H groups in total. The van der Waals surface area contributed by atoms with Crippen LogP contribution in [0, 0.1) is 5.92 Å². The highest BCUT2D eigenvalue weighted by Crippen LogP contribution is 2.39. The van der Waals surface area contributed by atoms with Gasteiger partial charge in [0.1, 0.15) is 0 Å². The third-order valence-electron chi connectivity index (χ3n) is 2.05. The van der Waals surface area contributed by atoms with Gasteiger partial charge in [0.05, 0.1) is 7.11 Å². The van der Waals surface area contributed by atoms with E-state index >= 15 is 0 Å². The quantitative estimate of drug-likeness (QED) is 0.369. The third kappa shape index (κ3) is 2.72. The Kier molecular flexibility index (Phi) is 3.29. The summed E-state index contributed by atoms with van der Waals surface area (Å²) in [5.74, 6) is 1.33. The molecule has 72 valence electrons. The van der Waals surface area contributed by atoms with Crippen LogP contribution in [0.5, 0.6) is 0 Å². The molecule has 1 rings (SSSR count). The lowest BCUT2D eigenvalue weighted by atomic mass is 10.1. The molecule has 0 spiro atoms. The zero-order valence-corrected chi connectivity index (χ0v) is 8.63. The molecule has 1 fully saturated rings. The number of nitrogens with zero attached hydrogens (tertiary/aromatic N) is 1. The Morgan fingerprint density at radius 3 is 2.38 bits per heavy atom. The Bertz CT molecular complexity index is 255. The molecular formula is C11H17NO. The van der Waals surface area contributed by atoms with Crippen LogP contribution < -0.4 is 0 Å². The Morgan fingerprint density at radius 1 is 1.46 bits per heavy atom. The predicted molar refractivity (Wildman–Crippen MR) is 55.7 cm³/mol. The summed E-state index contributed by atoms with van der Waals surface area (Å²) in [6.07, 6.45) is 4.65. The van der Waals surface area contributed by atoms with Crippen LogP contribution in [0.4, 0.5) is 0 Å². The van der Waals surface area contributed by atoms with Crippen molar-refractivity contribution >= 4 is 6.72 Å². The van der Waals surface area contributed by atoms with E-state index in [4.69, 9.17) is 4.74 Å². The van der Waals surface area contributed by atoms with E-state index in [1.807, 2.05) is 0 Å². The molecule has 0 aromatic rings. The summed E-state index contributed by atoms with van der Waals surface area (Å²) < 4.78 is 5.17. The topological polar surface area (TPSA) is 21.6 Å². The maximum Gasteiger partial charge on any atom is 0.215 e. The highest BCUT2D eigenvalue weighted by molar-refractivity contribution is 5.35. The molecule has 2 heteroatoms. The lowest BCUT2D eigenvalue weighted by Crippen LogP contribution is -1.92. The van der Waals surface area contributed by atoms with Gasteiger partial charge in [-0.25, -0.2) is 4.99 Å². The van der Waals surface area contributed by atoms with E-state index in [9.17, 15) is 0 Å². The van der Waals surface area contributed by atoms with Gasteiger partial charge in [0.2, 0.25) is 5.88 Å². The Labute approximate surface area is 80.0 Å². The van der Waals surface area contributed by atoms with Gasteiger partial charge in [-0.15, -0.1) is 0 Å². The van der Waals surface area contributed by atoms with Crippen LogP contribution in [0.2, 0.25) is 0 Å². The van der Waals surface area contributed by atoms with Crippen LogP contribution in [0.3, 0.4) is 0 Å². The molecule has 1 aliphatic carbocycles. The number of methoxy groups -OCH3 is 1. The molecule has 0 amide bonds. The molecule has 0 bridgehead atoms. The van der Waals surface area contributed by atoms with Gasteiger partial charge in [0.25, 0.3) is 0 Å². The first-order chi connectivity index (χ1) is 6.19. The average molecular weight is 179 g/mol. The highest BCUT2D eigenvalue weighted by atomic mass is 16.5. The first kappa shape index (κ1) is 10.0. The van der Waals surface area contributed by atoms with E-state index in [2.05, 4.69) is 31.6 Å². The largest absolute Gasteiger partial charge is 0.481 e. The Hall–Kier alpha value is -1.05. The van der Waals surface area contributed by atoms with Gasteiger partial charge in [-0.2, -0.15) is 0 Å². The molecular weight excluding hydrogens is 162 g/mol. The Morgan fingerprint density at radius 2 is 2.08 bits per heavy atom. The highest BCUT2D eigenvalue weighted by Gasteiger charge is 2.27. The molecule has 0 radical (unpaired) electrons. The van der Waals surface area contributed by atoms with Crippen molar-refractivity contribution in [3.05, 3.63) is 23.1 Å². The first-order valence-corrected chi connectivity index (χ1v) is 4.58. The molecule has 0 aliphatic heterocycles. The van der Waals surface area contributed by atoms with E-state index in [0.29, 0.717) is 11.8 Å². The van der Waals surface area contributed by atoms with Crippen molar-refractivity contribution in [2.45, 2.75) is 26.7 Å². The maximum atomic E-state index is 5.17. The summed E-state index contributed by atoms with van der Waals surface area (Å²) in [6.45, 7) is 7.67. The second kappa shape index (κ2) is 4.26. The van der Waals surface area contributed by atoms with E-state index in [0.717, 1.165) is 0 Å². The van der Waals surface area contributed by atoms with Crippen molar-refractivity contribution in [3.63, 3.8) is 0 Å². The van der Waals surface area contributed by atoms with Crippen LogP contribution in [0.15, 0.2) is 28.1 Å². The van der Waals surface area contributed by atoms with E-state index in [-0.39, 0.29) is 0 Å². The standard InChI is InChI=1S/C11H17NO/c1-8(2)7-10(9-5-6-9)11(12-3)13-4/h7,9H,3,5-6H2,1-2,4H3/b11-10-. The summed E-state index contributed by atoms with van der Waals surface area (Å²) in [6, 6.07) is 0. The van der Waals surface area contributed by atoms with Crippen molar-refractivity contribution in [1.29, 1.82) is 0 Å². The third-order valence-corrected chi connectivity index (χ3v) is 2.05. The lowest BCUT2D eigenvalue weighted by molar-refractivity contribution is 0.283. The zero-order valence-electron chi connectivity index (χ0n) is 8.63. The second-order valence-electron chi connectivity index (χ2n) is 3.62. The molecule has 2 nitrogen and oxygen atoms in total. The summed E-state index contributed by atoms with van der Waals surface area (Å²) >= 11 is 0. The van der Waals surface area contributed by atoms with Gasteiger partial charge in [-0.05, 0) is 39.3 Å². The maximum absolute atomic E-state index is 5.17. The number of rotatable bonds is 4. The van der Waals surface area contributed by atoms with E-state index < -0.39 is 0 Å². The number of hydrogen-bond acceptors (Lipinski definition) is 2. The smallest absolute Gasteiger partial charge is 0.215 e. The van der Waals surface area contributed by atoms with E-state index in [1.165, 1.54) is 24.0 Å². The number of ether oxygens (including phenoxy) is 1. The van der Waals surface area contributed by atoms with Gasteiger partial charge in [0.15, 0.2) is 0 Å². The second-order valence-corrected chi connectivity index (χ2v) is 3.62. The average Bonchev–Trinajstić information content (AvgIpc) is 2.86. The fourth-order valence-electron chi connectivity index (χ4n) is 1.33. The lowest BCUT2D eigenvalue weighted by Gasteiger charge is -2.05. The number of allylic oxidation sites excluding steroid dienone is 3. The van der Waals surface area contributed by atoms with Gasteiger partial charge >= 0.3 is 0 Å². The summed E-state index contributed by atoms with van der Waals surface area (Å²) in [5, 5.41) is 0. The van der Waals surface area contributed by atoms with Crippen LogP contribution >= 0.6 is 0 Å². The SMILES string of the molecule is C=N/C(OC)=C(\C=C(C)C)C1CC1. The molecule has 0 unspecified atom stereocenters. The molecule has 1 aliphatic rings. The predicted octanol–water partition coefficient (Wildman–Crippen LogP) is 2.92. The fourth-order valence-corrected chi connectivity index (χ4v) is 1.33. The van der Waals surface area contributed by atoms with Gasteiger partial charge in [0, 0.05) is 5.57 Å². The van der Waals surface area contributed by atoms with Gasteiger partial charge in [-0.1, -0.05) is 11.6 Å². The van der Waals surface area contributed by atoms with Gasteiger partial charge < -0.3 is 4.74 Å². The first-order valence-electron chi connectivity index (χ1n) is 4.58. The number of aliphatic imine (C=N–C) groups is 1. The van der Waals surface area contributed by atoms with Crippen molar-refractivity contribution in [1.82, 2.24) is 0 Å². The Balaban J connectivity index is 2.93. The van der Waals surface area contributed by atoms with Crippen LogP contribution in [-0.4, -0.2) is 13.8 Å². The minimum Gasteiger partial charge on any atom is -0.481 e.